The molecule has 1 N–H and O–H groups in total. The molecule has 1 saturated heterocycles. The van der Waals surface area contributed by atoms with Gasteiger partial charge in [-0.05, 0) is 49.3 Å². The molecule has 152 valence electrons. The number of amides is 2. The van der Waals surface area contributed by atoms with Gasteiger partial charge in [-0.1, -0.05) is 37.1 Å². The summed E-state index contributed by atoms with van der Waals surface area (Å²) in [7, 11) is 0. The number of nitrogens with zero attached hydrogens (tertiary/aromatic N) is 2. The summed E-state index contributed by atoms with van der Waals surface area (Å²) >= 11 is 0. The molecule has 1 aromatic rings. The lowest BCUT2D eigenvalue weighted by molar-refractivity contribution is -0.134. The van der Waals surface area contributed by atoms with Crippen molar-refractivity contribution in [2.75, 3.05) is 32.7 Å². The quantitative estimate of drug-likeness (QED) is 0.870. The Balaban J connectivity index is 1.51. The molecule has 28 heavy (non-hydrogen) atoms. The van der Waals surface area contributed by atoms with Crippen molar-refractivity contribution in [2.24, 2.45) is 11.3 Å². The second-order valence-electron chi connectivity index (χ2n) is 9.24. The Morgan fingerprint density at radius 1 is 1.14 bits per heavy atom. The van der Waals surface area contributed by atoms with Gasteiger partial charge in [0.1, 0.15) is 0 Å². The molecular weight excluding hydrogens is 350 g/mol. The van der Waals surface area contributed by atoms with E-state index >= 15 is 0 Å². The van der Waals surface area contributed by atoms with Crippen molar-refractivity contribution in [1.82, 2.24) is 15.1 Å². The maximum absolute atomic E-state index is 12.9. The Morgan fingerprint density at radius 2 is 1.89 bits per heavy atom. The van der Waals surface area contributed by atoms with E-state index in [-0.39, 0.29) is 23.8 Å². The molecule has 0 bridgehead atoms. The van der Waals surface area contributed by atoms with Gasteiger partial charge in [-0.2, -0.15) is 0 Å². The van der Waals surface area contributed by atoms with Crippen LogP contribution in [0, 0.1) is 11.3 Å². The Hall–Kier alpha value is -1.88. The fourth-order valence-corrected chi connectivity index (χ4v) is 5.51. The third-order valence-electron chi connectivity index (χ3n) is 6.92. The van der Waals surface area contributed by atoms with Crippen molar-refractivity contribution in [3.05, 3.63) is 35.4 Å². The molecule has 4 rings (SSSR count). The third-order valence-corrected chi connectivity index (χ3v) is 6.92. The number of nitrogens with one attached hydrogen (secondary N) is 1. The molecule has 1 unspecified atom stereocenters. The number of carbonyl (C=O) groups excluding carboxylic acids is 2. The summed E-state index contributed by atoms with van der Waals surface area (Å²) in [6, 6.07) is 8.57. The molecule has 1 aromatic carbocycles. The minimum Gasteiger partial charge on any atom is -0.347 e. The highest BCUT2D eigenvalue weighted by molar-refractivity contribution is 5.83. The standard InChI is InChI=1S/C23H33N3O2/c1-18(27)24-13-22(28)26-15-21-9-5-4-8-20(21)12-23(17-26)10-11-25(16-23)14-19-6-2-3-7-19/h4-5,8-9,19H,2-3,6-7,10-17H2,1H3,(H,24,27). The first-order chi connectivity index (χ1) is 13.5. The minimum atomic E-state index is -0.151. The van der Waals surface area contributed by atoms with Crippen LogP contribution < -0.4 is 5.32 Å². The van der Waals surface area contributed by atoms with E-state index in [1.165, 1.54) is 50.3 Å². The summed E-state index contributed by atoms with van der Waals surface area (Å²) in [6.07, 6.45) is 7.75. The van der Waals surface area contributed by atoms with Crippen LogP contribution in [0.1, 0.15) is 50.2 Å². The Morgan fingerprint density at radius 3 is 2.64 bits per heavy atom. The molecule has 2 fully saturated rings. The van der Waals surface area contributed by atoms with Crippen molar-refractivity contribution in [3.8, 4) is 0 Å². The average molecular weight is 384 g/mol. The largest absolute Gasteiger partial charge is 0.347 e. The second-order valence-corrected chi connectivity index (χ2v) is 9.24. The van der Waals surface area contributed by atoms with Gasteiger partial charge >= 0.3 is 0 Å². The second kappa shape index (κ2) is 8.24. The molecule has 1 spiro atoms. The molecule has 2 amide bonds. The van der Waals surface area contributed by atoms with E-state index in [1.54, 1.807) is 0 Å². The van der Waals surface area contributed by atoms with Crippen molar-refractivity contribution >= 4 is 11.8 Å². The summed E-state index contributed by atoms with van der Waals surface area (Å²) in [4.78, 5) is 28.8. The predicted octanol–water partition coefficient (Wildman–Crippen LogP) is 2.59. The van der Waals surface area contributed by atoms with Crippen molar-refractivity contribution in [1.29, 1.82) is 0 Å². The lowest BCUT2D eigenvalue weighted by Crippen LogP contribution is -2.45. The van der Waals surface area contributed by atoms with Gasteiger partial charge in [0.15, 0.2) is 0 Å². The lowest BCUT2D eigenvalue weighted by Gasteiger charge is -2.33. The van der Waals surface area contributed by atoms with E-state index in [0.717, 1.165) is 38.4 Å². The lowest BCUT2D eigenvalue weighted by atomic mass is 9.80. The normalized spacial score (nSPS) is 25.7. The molecule has 2 heterocycles. The number of hydrogen-bond acceptors (Lipinski definition) is 3. The smallest absolute Gasteiger partial charge is 0.242 e. The van der Waals surface area contributed by atoms with Gasteiger partial charge in [0.05, 0.1) is 6.54 Å². The summed E-state index contributed by atoms with van der Waals surface area (Å²) < 4.78 is 0. The molecule has 5 heteroatoms. The van der Waals surface area contributed by atoms with Crippen LogP contribution >= 0.6 is 0 Å². The SMILES string of the molecule is CC(=O)NCC(=O)N1Cc2ccccc2CC2(CCN(CC3CCCC3)C2)C1. The summed E-state index contributed by atoms with van der Waals surface area (Å²) in [5, 5.41) is 2.68. The van der Waals surface area contributed by atoms with Gasteiger partial charge in [-0.3, -0.25) is 9.59 Å². The zero-order chi connectivity index (χ0) is 19.6. The first-order valence-electron chi connectivity index (χ1n) is 10.8. The van der Waals surface area contributed by atoms with Crippen LogP contribution in [0.5, 0.6) is 0 Å². The van der Waals surface area contributed by atoms with Gasteiger partial charge in [0.25, 0.3) is 0 Å². The molecule has 0 aromatic heterocycles. The molecule has 1 saturated carbocycles. The van der Waals surface area contributed by atoms with Crippen LogP contribution in [0.25, 0.3) is 0 Å². The van der Waals surface area contributed by atoms with E-state index in [1.807, 2.05) is 4.90 Å². The van der Waals surface area contributed by atoms with Crippen LogP contribution in [0.4, 0.5) is 0 Å². The van der Waals surface area contributed by atoms with Crippen LogP contribution in [0.15, 0.2) is 24.3 Å². The zero-order valence-corrected chi connectivity index (χ0v) is 17.1. The van der Waals surface area contributed by atoms with Crippen LogP contribution in [0.2, 0.25) is 0 Å². The predicted molar refractivity (Wildman–Crippen MR) is 110 cm³/mol. The Kier molecular flexibility index (Phi) is 5.72. The third kappa shape index (κ3) is 4.40. The first-order valence-corrected chi connectivity index (χ1v) is 10.8. The molecule has 3 aliphatic rings. The Bertz CT molecular complexity index is 728. The number of benzene rings is 1. The molecule has 5 nitrogen and oxygen atoms in total. The van der Waals surface area contributed by atoms with Crippen LogP contribution in [-0.2, 0) is 22.6 Å². The number of fused-ring (bicyclic) bond motifs is 1. The fourth-order valence-electron chi connectivity index (χ4n) is 5.51. The van der Waals surface area contributed by atoms with Crippen molar-refractivity contribution in [2.45, 2.75) is 52.0 Å². The van der Waals surface area contributed by atoms with E-state index in [2.05, 4.69) is 34.5 Å². The maximum Gasteiger partial charge on any atom is 0.242 e. The van der Waals surface area contributed by atoms with Gasteiger partial charge < -0.3 is 15.1 Å². The molecule has 1 atom stereocenters. The average Bonchev–Trinajstić information content (AvgIpc) is 3.27. The van der Waals surface area contributed by atoms with Crippen molar-refractivity contribution in [3.63, 3.8) is 0 Å². The van der Waals surface area contributed by atoms with Crippen LogP contribution in [0.3, 0.4) is 0 Å². The summed E-state index contributed by atoms with van der Waals surface area (Å²) in [6.45, 7) is 6.46. The Labute approximate surface area is 168 Å². The molecule has 1 aliphatic carbocycles. The topological polar surface area (TPSA) is 52.7 Å². The van der Waals surface area contributed by atoms with Gasteiger partial charge in [-0.25, -0.2) is 0 Å². The highest BCUT2D eigenvalue weighted by atomic mass is 16.2. The van der Waals surface area contributed by atoms with Gasteiger partial charge in [0.2, 0.25) is 11.8 Å². The highest BCUT2D eigenvalue weighted by Crippen LogP contribution is 2.39. The number of rotatable bonds is 4. The van der Waals surface area contributed by atoms with Crippen molar-refractivity contribution < 1.29 is 9.59 Å². The van der Waals surface area contributed by atoms with E-state index in [4.69, 9.17) is 0 Å². The van der Waals surface area contributed by atoms with E-state index < -0.39 is 0 Å². The zero-order valence-electron chi connectivity index (χ0n) is 17.1. The number of likely N-dealkylation sites (tertiary alicyclic amines) is 1. The van der Waals surface area contributed by atoms with Crippen LogP contribution in [-0.4, -0.2) is 54.3 Å². The molecule has 0 radical (unpaired) electrons. The first kappa shape index (κ1) is 19.4. The maximum atomic E-state index is 12.9. The minimum absolute atomic E-state index is 0.0283. The molecule has 2 aliphatic heterocycles. The summed E-state index contributed by atoms with van der Waals surface area (Å²) in [5.74, 6) is 0.744. The number of carbonyl (C=O) groups is 2. The van der Waals surface area contributed by atoms with E-state index in [0.29, 0.717) is 6.54 Å². The number of hydrogen-bond donors (Lipinski definition) is 1. The fraction of sp³-hybridized carbons (Fsp3) is 0.652. The van der Waals surface area contributed by atoms with Gasteiger partial charge in [0, 0.05) is 38.5 Å². The molecular formula is C23H33N3O2. The van der Waals surface area contributed by atoms with Gasteiger partial charge in [-0.15, -0.1) is 0 Å². The summed E-state index contributed by atoms with van der Waals surface area (Å²) in [5.41, 5.74) is 2.78. The highest BCUT2D eigenvalue weighted by Gasteiger charge is 2.43. The monoisotopic (exact) mass is 383 g/mol. The van der Waals surface area contributed by atoms with E-state index in [9.17, 15) is 9.59 Å².